The lowest BCUT2D eigenvalue weighted by Crippen LogP contribution is -2.19. The van der Waals surface area contributed by atoms with E-state index in [9.17, 15) is 0 Å². The van der Waals surface area contributed by atoms with Gasteiger partial charge in [-0.15, -0.1) is 11.3 Å². The molecule has 0 spiro atoms. The molecule has 1 aromatic heterocycles. The Balaban J connectivity index is 2.65. The molecule has 0 saturated carbocycles. The molecule has 1 atom stereocenters. The van der Waals surface area contributed by atoms with Crippen molar-refractivity contribution in [3.8, 4) is 5.75 Å². The fraction of sp³-hybridized carbons (Fsp3) is 0.636. The number of ether oxygens (including phenoxy) is 1. The standard InChI is InChI=1S/C11H19NOS/c1-4-6-10(12-5-2)11-7-9(13-3)8-14-11/h7-8,10,12H,4-6H2,1-3H3. The molecule has 0 amide bonds. The first kappa shape index (κ1) is 11.5. The molecule has 0 aromatic carbocycles. The molecule has 3 heteroatoms. The molecule has 1 heterocycles. The summed E-state index contributed by atoms with van der Waals surface area (Å²) in [7, 11) is 1.72. The summed E-state index contributed by atoms with van der Waals surface area (Å²) in [5.41, 5.74) is 0. The quantitative estimate of drug-likeness (QED) is 0.783. The van der Waals surface area contributed by atoms with Crippen molar-refractivity contribution in [3.63, 3.8) is 0 Å². The third-order valence-corrected chi connectivity index (χ3v) is 3.23. The molecule has 0 aliphatic carbocycles. The normalized spacial score (nSPS) is 12.8. The highest BCUT2D eigenvalue weighted by molar-refractivity contribution is 7.10. The van der Waals surface area contributed by atoms with Crippen LogP contribution in [0.1, 0.15) is 37.6 Å². The number of rotatable bonds is 6. The van der Waals surface area contributed by atoms with Gasteiger partial charge < -0.3 is 10.1 Å². The maximum Gasteiger partial charge on any atom is 0.129 e. The molecule has 2 nitrogen and oxygen atoms in total. The van der Waals surface area contributed by atoms with Gasteiger partial charge in [-0.3, -0.25) is 0 Å². The molecule has 0 aliphatic rings. The van der Waals surface area contributed by atoms with Gasteiger partial charge in [0.05, 0.1) is 7.11 Å². The Morgan fingerprint density at radius 1 is 1.50 bits per heavy atom. The lowest BCUT2D eigenvalue weighted by atomic mass is 10.1. The van der Waals surface area contributed by atoms with E-state index in [0.29, 0.717) is 6.04 Å². The summed E-state index contributed by atoms with van der Waals surface area (Å²) in [6.07, 6.45) is 2.40. The van der Waals surface area contributed by atoms with Crippen LogP contribution < -0.4 is 10.1 Å². The molecule has 0 radical (unpaired) electrons. The van der Waals surface area contributed by atoms with Crippen LogP contribution in [-0.4, -0.2) is 13.7 Å². The van der Waals surface area contributed by atoms with Gasteiger partial charge in [-0.1, -0.05) is 20.3 Å². The Labute approximate surface area is 90.3 Å². The smallest absolute Gasteiger partial charge is 0.129 e. The van der Waals surface area contributed by atoms with E-state index in [0.717, 1.165) is 12.3 Å². The first-order valence-electron chi connectivity index (χ1n) is 5.17. The predicted molar refractivity (Wildman–Crippen MR) is 62.2 cm³/mol. The highest BCUT2D eigenvalue weighted by Crippen LogP contribution is 2.29. The zero-order valence-electron chi connectivity index (χ0n) is 9.17. The van der Waals surface area contributed by atoms with Crippen molar-refractivity contribution in [3.05, 3.63) is 16.3 Å². The molecular weight excluding hydrogens is 194 g/mol. The number of methoxy groups -OCH3 is 1. The lowest BCUT2D eigenvalue weighted by molar-refractivity contribution is 0.415. The fourth-order valence-electron chi connectivity index (χ4n) is 1.50. The van der Waals surface area contributed by atoms with Gasteiger partial charge in [0.1, 0.15) is 5.75 Å². The Bertz CT molecular complexity index is 254. The van der Waals surface area contributed by atoms with Crippen molar-refractivity contribution in [1.82, 2.24) is 5.32 Å². The summed E-state index contributed by atoms with van der Waals surface area (Å²) >= 11 is 1.77. The number of nitrogens with one attached hydrogen (secondary N) is 1. The third-order valence-electron chi connectivity index (χ3n) is 2.20. The van der Waals surface area contributed by atoms with E-state index in [2.05, 4.69) is 30.6 Å². The van der Waals surface area contributed by atoms with Crippen molar-refractivity contribution in [2.45, 2.75) is 32.7 Å². The number of hydrogen-bond donors (Lipinski definition) is 1. The van der Waals surface area contributed by atoms with Crippen molar-refractivity contribution in [2.75, 3.05) is 13.7 Å². The van der Waals surface area contributed by atoms with Crippen molar-refractivity contribution >= 4 is 11.3 Å². The summed E-state index contributed by atoms with van der Waals surface area (Å²) in [4.78, 5) is 1.38. The average Bonchev–Trinajstić information content (AvgIpc) is 2.65. The molecule has 0 saturated heterocycles. The molecule has 80 valence electrons. The van der Waals surface area contributed by atoms with Crippen molar-refractivity contribution in [2.24, 2.45) is 0 Å². The third kappa shape index (κ3) is 3.00. The van der Waals surface area contributed by atoms with E-state index in [1.807, 2.05) is 0 Å². The van der Waals surface area contributed by atoms with Gasteiger partial charge in [-0.2, -0.15) is 0 Å². The minimum atomic E-state index is 0.499. The molecule has 14 heavy (non-hydrogen) atoms. The molecule has 0 bridgehead atoms. The second kappa shape index (κ2) is 6.04. The second-order valence-electron chi connectivity index (χ2n) is 3.29. The van der Waals surface area contributed by atoms with Crippen LogP contribution >= 0.6 is 11.3 Å². The molecule has 0 fully saturated rings. The van der Waals surface area contributed by atoms with Crippen molar-refractivity contribution in [1.29, 1.82) is 0 Å². The van der Waals surface area contributed by atoms with Gasteiger partial charge in [0, 0.05) is 16.3 Å². The zero-order valence-corrected chi connectivity index (χ0v) is 9.99. The summed E-state index contributed by atoms with van der Waals surface area (Å²) in [6.45, 7) is 5.38. The van der Waals surface area contributed by atoms with E-state index < -0.39 is 0 Å². The van der Waals surface area contributed by atoms with Crippen LogP contribution in [0.5, 0.6) is 5.75 Å². The second-order valence-corrected chi connectivity index (χ2v) is 4.23. The molecule has 1 rings (SSSR count). The van der Waals surface area contributed by atoms with E-state index in [1.54, 1.807) is 18.4 Å². The monoisotopic (exact) mass is 213 g/mol. The largest absolute Gasteiger partial charge is 0.496 e. The Morgan fingerprint density at radius 2 is 2.29 bits per heavy atom. The van der Waals surface area contributed by atoms with E-state index in [-0.39, 0.29) is 0 Å². The molecule has 1 N–H and O–H groups in total. The minimum absolute atomic E-state index is 0.499. The first-order valence-corrected chi connectivity index (χ1v) is 6.05. The van der Waals surface area contributed by atoms with Crippen LogP contribution in [0.15, 0.2) is 11.4 Å². The maximum absolute atomic E-state index is 5.18. The predicted octanol–water partition coefficient (Wildman–Crippen LogP) is 3.21. The molecular formula is C11H19NOS. The maximum atomic E-state index is 5.18. The van der Waals surface area contributed by atoms with Crippen LogP contribution in [0.3, 0.4) is 0 Å². The van der Waals surface area contributed by atoms with Crippen LogP contribution in [-0.2, 0) is 0 Å². The topological polar surface area (TPSA) is 21.3 Å². The van der Waals surface area contributed by atoms with Crippen LogP contribution in [0, 0.1) is 0 Å². The van der Waals surface area contributed by atoms with Crippen molar-refractivity contribution < 1.29 is 4.74 Å². The fourth-order valence-corrected chi connectivity index (χ4v) is 2.47. The summed E-state index contributed by atoms with van der Waals surface area (Å²) in [5, 5.41) is 5.56. The van der Waals surface area contributed by atoms with E-state index in [1.165, 1.54) is 17.7 Å². The zero-order chi connectivity index (χ0) is 10.4. The lowest BCUT2D eigenvalue weighted by Gasteiger charge is -2.14. The summed E-state index contributed by atoms with van der Waals surface area (Å²) < 4.78 is 5.18. The first-order chi connectivity index (χ1) is 6.81. The van der Waals surface area contributed by atoms with Gasteiger partial charge in [-0.25, -0.2) is 0 Å². The average molecular weight is 213 g/mol. The Kier molecular flexibility index (Phi) is 4.98. The summed E-state index contributed by atoms with van der Waals surface area (Å²) in [6, 6.07) is 2.63. The summed E-state index contributed by atoms with van der Waals surface area (Å²) in [5.74, 6) is 0.976. The van der Waals surface area contributed by atoms with E-state index in [4.69, 9.17) is 4.74 Å². The minimum Gasteiger partial charge on any atom is -0.496 e. The van der Waals surface area contributed by atoms with Gasteiger partial charge >= 0.3 is 0 Å². The SMILES string of the molecule is CCCC(NCC)c1cc(OC)cs1. The Morgan fingerprint density at radius 3 is 2.79 bits per heavy atom. The van der Waals surface area contributed by atoms with Gasteiger partial charge in [0.2, 0.25) is 0 Å². The number of hydrogen-bond acceptors (Lipinski definition) is 3. The molecule has 0 aliphatic heterocycles. The highest BCUT2D eigenvalue weighted by atomic mass is 32.1. The van der Waals surface area contributed by atoms with Crippen LogP contribution in [0.2, 0.25) is 0 Å². The van der Waals surface area contributed by atoms with Crippen LogP contribution in [0.4, 0.5) is 0 Å². The highest BCUT2D eigenvalue weighted by Gasteiger charge is 2.11. The Hall–Kier alpha value is -0.540. The molecule has 1 aromatic rings. The molecule has 1 unspecified atom stereocenters. The van der Waals surface area contributed by atoms with Crippen LogP contribution in [0.25, 0.3) is 0 Å². The number of thiophene rings is 1. The van der Waals surface area contributed by atoms with Gasteiger partial charge in [0.25, 0.3) is 0 Å². The van der Waals surface area contributed by atoms with Gasteiger partial charge in [-0.05, 0) is 19.0 Å². The van der Waals surface area contributed by atoms with E-state index >= 15 is 0 Å². The van der Waals surface area contributed by atoms with Gasteiger partial charge in [0.15, 0.2) is 0 Å².